The predicted molar refractivity (Wildman–Crippen MR) is 134 cm³/mol. The molecule has 35 heavy (non-hydrogen) atoms. The highest BCUT2D eigenvalue weighted by Gasteiger charge is 2.35. The molecule has 0 radical (unpaired) electrons. The molecular weight excluding hydrogens is 442 g/mol. The number of anilines is 1. The van der Waals surface area contributed by atoms with Crippen LogP contribution in [-0.4, -0.2) is 59.1 Å². The first-order valence-electron chi connectivity index (χ1n) is 11.8. The van der Waals surface area contributed by atoms with Crippen molar-refractivity contribution in [2.45, 2.75) is 45.3 Å². The summed E-state index contributed by atoms with van der Waals surface area (Å²) in [7, 11) is 3.53. The number of fused-ring (bicyclic) bond motifs is 2. The number of imidazole rings is 1. The molecule has 10 heteroatoms. The summed E-state index contributed by atoms with van der Waals surface area (Å²) in [4.78, 5) is 35.4. The molecule has 0 amide bonds. The van der Waals surface area contributed by atoms with Gasteiger partial charge in [-0.15, -0.1) is 0 Å². The number of piperazine rings is 1. The van der Waals surface area contributed by atoms with Crippen LogP contribution in [0.4, 0.5) is 5.82 Å². The summed E-state index contributed by atoms with van der Waals surface area (Å²) in [6.45, 7) is 8.09. The van der Waals surface area contributed by atoms with Gasteiger partial charge in [0.2, 0.25) is 0 Å². The molecule has 1 aromatic carbocycles. The average Bonchev–Trinajstić information content (AvgIpc) is 3.18. The Labute approximate surface area is 203 Å². The maximum Gasteiger partial charge on any atom is 0.350 e. The Morgan fingerprint density at radius 3 is 2.54 bits per heavy atom. The Bertz CT molecular complexity index is 1520. The van der Waals surface area contributed by atoms with Crippen molar-refractivity contribution in [1.82, 2.24) is 34.0 Å². The predicted octanol–water partition coefficient (Wildman–Crippen LogP) is 2.34. The van der Waals surface area contributed by atoms with Crippen molar-refractivity contribution in [1.29, 1.82) is 5.26 Å². The number of aromatic nitrogens is 6. The first-order valence-corrected chi connectivity index (χ1v) is 11.8. The highest BCUT2D eigenvalue weighted by atomic mass is 16.1. The number of hydrogen-bond acceptors (Lipinski definition) is 8. The van der Waals surface area contributed by atoms with Crippen molar-refractivity contribution in [2.24, 2.45) is 14.1 Å². The normalized spacial score (nSPS) is 19.8. The van der Waals surface area contributed by atoms with Gasteiger partial charge < -0.3 is 9.47 Å². The maximum absolute atomic E-state index is 12.8. The van der Waals surface area contributed by atoms with Gasteiger partial charge in [-0.3, -0.25) is 19.4 Å². The van der Waals surface area contributed by atoms with Crippen LogP contribution in [0.1, 0.15) is 38.2 Å². The zero-order valence-corrected chi connectivity index (χ0v) is 20.7. The van der Waals surface area contributed by atoms with Crippen molar-refractivity contribution in [3.63, 3.8) is 0 Å². The fourth-order valence-corrected chi connectivity index (χ4v) is 5.23. The fraction of sp³-hybridized carbons (Fsp3) is 0.440. The van der Waals surface area contributed by atoms with Crippen molar-refractivity contribution < 1.29 is 0 Å². The molecule has 1 aliphatic heterocycles. The summed E-state index contributed by atoms with van der Waals surface area (Å²) in [5.74, 6) is 1.22. The molecule has 3 aromatic heterocycles. The quantitative estimate of drug-likeness (QED) is 0.446. The Hall–Kier alpha value is -3.84. The first-order chi connectivity index (χ1) is 16.8. The summed E-state index contributed by atoms with van der Waals surface area (Å²) < 4.78 is 3.32. The van der Waals surface area contributed by atoms with Crippen molar-refractivity contribution >= 4 is 28.0 Å². The van der Waals surface area contributed by atoms with E-state index >= 15 is 0 Å². The minimum Gasteiger partial charge on any atom is -0.349 e. The van der Waals surface area contributed by atoms with Gasteiger partial charge in [-0.1, -0.05) is 6.07 Å². The second kappa shape index (κ2) is 8.74. The van der Waals surface area contributed by atoms with E-state index in [4.69, 9.17) is 4.98 Å². The zero-order valence-electron chi connectivity index (χ0n) is 20.7. The van der Waals surface area contributed by atoms with E-state index in [1.54, 1.807) is 19.4 Å². The van der Waals surface area contributed by atoms with Gasteiger partial charge in [0.05, 0.1) is 23.5 Å². The van der Waals surface area contributed by atoms with Gasteiger partial charge in [0.15, 0.2) is 5.82 Å². The molecule has 0 spiro atoms. The number of benzene rings is 1. The second-order valence-electron chi connectivity index (χ2n) is 9.40. The van der Waals surface area contributed by atoms with Crippen molar-refractivity contribution in [3.8, 4) is 6.07 Å². The van der Waals surface area contributed by atoms with Crippen LogP contribution < -0.4 is 10.6 Å². The van der Waals surface area contributed by atoms with Gasteiger partial charge in [-0.05, 0) is 38.5 Å². The number of rotatable bonds is 4. The first kappa shape index (κ1) is 22.9. The lowest BCUT2D eigenvalue weighted by molar-refractivity contribution is 0.119. The Morgan fingerprint density at radius 1 is 1.06 bits per heavy atom. The van der Waals surface area contributed by atoms with Gasteiger partial charge in [-0.25, -0.2) is 9.78 Å². The third kappa shape index (κ3) is 3.82. The van der Waals surface area contributed by atoms with Gasteiger partial charge in [0.25, 0.3) is 0 Å². The largest absolute Gasteiger partial charge is 0.350 e. The van der Waals surface area contributed by atoms with Crippen LogP contribution in [-0.2, 0) is 20.5 Å². The van der Waals surface area contributed by atoms with Gasteiger partial charge in [0, 0.05) is 57.7 Å². The number of nitriles is 1. The van der Waals surface area contributed by atoms with Crippen LogP contribution in [0, 0.1) is 11.3 Å². The molecule has 1 fully saturated rings. The molecule has 0 N–H and O–H groups in total. The molecule has 180 valence electrons. The topological polar surface area (TPSA) is 109 Å². The van der Waals surface area contributed by atoms with E-state index in [1.807, 2.05) is 17.7 Å². The lowest BCUT2D eigenvalue weighted by Gasteiger charge is -2.47. The zero-order chi connectivity index (χ0) is 24.9. The highest BCUT2D eigenvalue weighted by Crippen LogP contribution is 2.32. The fourth-order valence-electron chi connectivity index (χ4n) is 5.23. The average molecular weight is 472 g/mol. The third-order valence-electron chi connectivity index (χ3n) is 7.19. The van der Waals surface area contributed by atoms with E-state index < -0.39 is 0 Å². The smallest absolute Gasteiger partial charge is 0.349 e. The van der Waals surface area contributed by atoms with Crippen LogP contribution in [0.2, 0.25) is 0 Å². The van der Waals surface area contributed by atoms with Crippen LogP contribution >= 0.6 is 0 Å². The summed E-state index contributed by atoms with van der Waals surface area (Å²) in [6.07, 6.45) is 3.60. The number of aryl methyl sites for hydroxylation is 2. The van der Waals surface area contributed by atoms with Crippen LogP contribution in [0.5, 0.6) is 0 Å². The van der Waals surface area contributed by atoms with Gasteiger partial charge >= 0.3 is 5.69 Å². The minimum atomic E-state index is -0.327. The van der Waals surface area contributed by atoms with Crippen molar-refractivity contribution in [2.75, 3.05) is 18.0 Å². The molecule has 3 atom stereocenters. The summed E-state index contributed by atoms with van der Waals surface area (Å²) >= 11 is 0. The standard InChI is InChI=1S/C25H29N9O/c1-15-14-34(23-22-24(32(5)25(35)30-23)31(4)21(29-22)8-9-26)16(2)13-33(15)17(3)18-6-7-19-20(12-18)28-11-10-27-19/h6-7,10-12,15-17H,8,13-14H2,1-5H3/t15-,16+,17?/m1/s1. The van der Waals surface area contributed by atoms with Crippen LogP contribution in [0.25, 0.3) is 22.2 Å². The third-order valence-corrected chi connectivity index (χ3v) is 7.19. The Morgan fingerprint density at radius 2 is 1.80 bits per heavy atom. The molecule has 0 saturated carbocycles. The minimum absolute atomic E-state index is 0.109. The Kier molecular flexibility index (Phi) is 5.73. The van der Waals surface area contributed by atoms with E-state index in [1.165, 1.54) is 10.1 Å². The maximum atomic E-state index is 12.8. The molecule has 4 heterocycles. The van der Waals surface area contributed by atoms with Crippen molar-refractivity contribution in [3.05, 3.63) is 52.5 Å². The number of hydrogen-bond donors (Lipinski definition) is 0. The molecule has 0 bridgehead atoms. The van der Waals surface area contributed by atoms with E-state index in [2.05, 4.69) is 63.7 Å². The van der Waals surface area contributed by atoms with E-state index in [-0.39, 0.29) is 30.2 Å². The lowest BCUT2D eigenvalue weighted by atomic mass is 10.00. The summed E-state index contributed by atoms with van der Waals surface area (Å²) in [5, 5.41) is 9.21. The van der Waals surface area contributed by atoms with Gasteiger partial charge in [0.1, 0.15) is 17.0 Å². The molecule has 0 aliphatic carbocycles. The van der Waals surface area contributed by atoms with Gasteiger partial charge in [-0.2, -0.15) is 10.2 Å². The van der Waals surface area contributed by atoms with E-state index in [9.17, 15) is 10.1 Å². The van der Waals surface area contributed by atoms with Crippen LogP contribution in [0.15, 0.2) is 35.4 Å². The Balaban J connectivity index is 1.48. The SMILES string of the molecule is CC(c1ccc2nccnc2c1)N1C[C@H](C)N(c2nc(=O)n(C)c3c2nc(CC#N)n3C)C[C@H]1C. The summed E-state index contributed by atoms with van der Waals surface area (Å²) in [6, 6.07) is 8.94. The number of nitrogens with zero attached hydrogens (tertiary/aromatic N) is 9. The molecule has 4 aromatic rings. The highest BCUT2D eigenvalue weighted by molar-refractivity contribution is 5.84. The van der Waals surface area contributed by atoms with E-state index in [0.717, 1.165) is 17.6 Å². The molecular formula is C25H29N9O. The van der Waals surface area contributed by atoms with E-state index in [0.29, 0.717) is 29.4 Å². The molecule has 5 rings (SSSR count). The monoisotopic (exact) mass is 471 g/mol. The molecule has 10 nitrogen and oxygen atoms in total. The second-order valence-corrected chi connectivity index (χ2v) is 9.40. The molecule has 1 aliphatic rings. The summed E-state index contributed by atoms with van der Waals surface area (Å²) in [5.41, 5.74) is 4.00. The lowest BCUT2D eigenvalue weighted by Crippen LogP contribution is -2.57. The molecule has 1 saturated heterocycles. The van der Waals surface area contributed by atoms with Crippen LogP contribution in [0.3, 0.4) is 0 Å². The molecule has 1 unspecified atom stereocenters.